The molecule has 1 heteroatoms. The zero-order chi connectivity index (χ0) is 5.21. The van der Waals surface area contributed by atoms with Crippen molar-refractivity contribution in [3.8, 4) is 0 Å². The molecule has 0 saturated carbocycles. The summed E-state index contributed by atoms with van der Waals surface area (Å²) in [5, 5.41) is 0. The van der Waals surface area contributed by atoms with Gasteiger partial charge in [-0.15, -0.1) is 0 Å². The van der Waals surface area contributed by atoms with Gasteiger partial charge in [-0.1, -0.05) is 0 Å². The van der Waals surface area contributed by atoms with Crippen LogP contribution >= 0.6 is 0 Å². The minimum atomic E-state index is -0.257. The second-order valence-corrected chi connectivity index (χ2v) is 11.6. The molecule has 6 heavy (non-hydrogen) atoms. The van der Waals surface area contributed by atoms with Crippen molar-refractivity contribution in [1.29, 1.82) is 0 Å². The Kier molecular flexibility index (Phi) is 2.64. The SMILES string of the molecule is [CH3][Tl][C](C)(C)C. The van der Waals surface area contributed by atoms with Crippen LogP contribution in [0, 0.1) is 0 Å². The van der Waals surface area contributed by atoms with Gasteiger partial charge >= 0.3 is 52.5 Å². The van der Waals surface area contributed by atoms with E-state index in [2.05, 4.69) is 25.3 Å². The van der Waals surface area contributed by atoms with Gasteiger partial charge in [0, 0.05) is 0 Å². The third kappa shape index (κ3) is 4.92. The molecule has 0 spiro atoms. The molecule has 0 unspecified atom stereocenters. The molecule has 0 aromatic heterocycles. The quantitative estimate of drug-likeness (QED) is 0.593. The van der Waals surface area contributed by atoms with E-state index in [4.69, 9.17) is 0 Å². The van der Waals surface area contributed by atoms with Gasteiger partial charge in [-0.3, -0.25) is 0 Å². The summed E-state index contributed by atoms with van der Waals surface area (Å²) in [7, 11) is 0. The molecule has 0 amide bonds. The standard InChI is InChI=1S/C4H9.CH3.Tl/c1-4(2)3;;/h1-3H3;1H3;. The average molecular weight is 277 g/mol. The molecule has 0 fully saturated rings. The fourth-order valence-corrected chi connectivity index (χ4v) is 0. The van der Waals surface area contributed by atoms with E-state index in [0.717, 1.165) is 2.97 Å². The Labute approximate surface area is 52.5 Å². The van der Waals surface area contributed by atoms with E-state index < -0.39 is 0 Å². The van der Waals surface area contributed by atoms with Crippen LogP contribution in [0.3, 0.4) is 0 Å². The molecule has 0 bridgehead atoms. The van der Waals surface area contributed by atoms with Crippen molar-refractivity contribution in [2.45, 2.75) is 28.2 Å². The van der Waals surface area contributed by atoms with Crippen LogP contribution in [0.25, 0.3) is 0 Å². The van der Waals surface area contributed by atoms with Crippen LogP contribution in [0.5, 0.6) is 0 Å². The fraction of sp³-hybridized carbons (Fsp3) is 1.00. The summed E-state index contributed by atoms with van der Waals surface area (Å²) >= 11 is -0.257. The van der Waals surface area contributed by atoms with Crippen LogP contribution < -0.4 is 0 Å². The van der Waals surface area contributed by atoms with Gasteiger partial charge in [0.25, 0.3) is 0 Å². The van der Waals surface area contributed by atoms with Gasteiger partial charge in [-0.05, 0) is 0 Å². The molecule has 0 N–H and O–H groups in total. The molecule has 0 radical (unpaired) electrons. The van der Waals surface area contributed by atoms with Crippen LogP contribution in [0.1, 0.15) is 20.8 Å². The van der Waals surface area contributed by atoms with Crippen molar-refractivity contribution < 1.29 is 0 Å². The molecular formula is C5H12Tl. The Hall–Kier alpha value is 0.922. The predicted octanol–water partition coefficient (Wildman–Crippen LogP) is 1.96. The Balaban J connectivity index is 3.17. The van der Waals surface area contributed by atoms with Crippen molar-refractivity contribution in [2.75, 3.05) is 0 Å². The third-order valence-electron chi connectivity index (χ3n) is 0.866. The first-order chi connectivity index (χ1) is 2.56. The second kappa shape index (κ2) is 2.29. The van der Waals surface area contributed by atoms with Gasteiger partial charge in [0.15, 0.2) is 0 Å². The Morgan fingerprint density at radius 3 is 1.33 bits per heavy atom. The molecule has 0 aliphatic heterocycles. The van der Waals surface area contributed by atoms with Gasteiger partial charge in [-0.25, -0.2) is 0 Å². The van der Waals surface area contributed by atoms with Crippen molar-refractivity contribution in [2.24, 2.45) is 0 Å². The summed E-state index contributed by atoms with van der Waals surface area (Å²) in [6, 6.07) is 0. The molecule has 0 rings (SSSR count). The van der Waals surface area contributed by atoms with E-state index >= 15 is 0 Å². The average Bonchev–Trinajstić information content (AvgIpc) is 1.35. The Morgan fingerprint density at radius 1 is 1.17 bits per heavy atom. The van der Waals surface area contributed by atoms with Gasteiger partial charge in [-0.2, -0.15) is 0 Å². The zero-order valence-electron chi connectivity index (χ0n) is 5.08. The van der Waals surface area contributed by atoms with Gasteiger partial charge < -0.3 is 0 Å². The van der Waals surface area contributed by atoms with E-state index in [1.165, 1.54) is 0 Å². The van der Waals surface area contributed by atoms with Crippen molar-refractivity contribution >= 4 is 24.2 Å². The predicted molar refractivity (Wildman–Crippen MR) is 31.3 cm³/mol. The summed E-state index contributed by atoms with van der Waals surface area (Å²) in [5.41, 5.74) is 0. The number of hydrogen-bond donors (Lipinski definition) is 0. The minimum absolute atomic E-state index is 0.257. The molecule has 0 aliphatic carbocycles. The third-order valence-corrected chi connectivity index (χ3v) is 7.60. The molecule has 35 valence electrons. The molecule has 0 saturated heterocycles. The maximum absolute atomic E-state index is 2.42. The van der Waals surface area contributed by atoms with Gasteiger partial charge in [0.05, 0.1) is 0 Å². The van der Waals surface area contributed by atoms with Crippen molar-refractivity contribution in [3.63, 3.8) is 0 Å². The topological polar surface area (TPSA) is 0 Å². The fourth-order valence-electron chi connectivity index (χ4n) is 0. The Bertz CT molecular complexity index is 33.7. The molecule has 0 heterocycles. The van der Waals surface area contributed by atoms with Crippen LogP contribution in [0.15, 0.2) is 0 Å². The first-order valence-electron chi connectivity index (χ1n) is 2.37. The molecular weight excluding hydrogens is 264 g/mol. The van der Waals surface area contributed by atoms with Gasteiger partial charge in [0.1, 0.15) is 0 Å². The molecule has 0 aliphatic rings. The van der Waals surface area contributed by atoms with Crippen LogP contribution in [0.4, 0.5) is 0 Å². The Morgan fingerprint density at radius 2 is 1.33 bits per heavy atom. The van der Waals surface area contributed by atoms with Crippen molar-refractivity contribution in [3.05, 3.63) is 0 Å². The van der Waals surface area contributed by atoms with E-state index in [1.54, 1.807) is 0 Å². The van der Waals surface area contributed by atoms with Crippen LogP contribution in [0.2, 0.25) is 7.46 Å². The van der Waals surface area contributed by atoms with E-state index in [1.807, 2.05) is 0 Å². The number of hydrogen-bond acceptors (Lipinski definition) is 0. The summed E-state index contributed by atoms with van der Waals surface area (Å²) in [4.78, 5) is 0. The molecule has 0 nitrogen and oxygen atoms in total. The molecule has 0 aromatic rings. The molecule has 0 aromatic carbocycles. The summed E-state index contributed by atoms with van der Waals surface area (Å²) in [6.45, 7) is 7.01. The first-order valence-corrected chi connectivity index (χ1v) is 9.10. The van der Waals surface area contributed by atoms with E-state index in [-0.39, 0.29) is 24.2 Å². The van der Waals surface area contributed by atoms with Crippen molar-refractivity contribution in [1.82, 2.24) is 0 Å². The number of rotatable bonds is 0. The zero-order valence-corrected chi connectivity index (χ0v) is 9.57. The summed E-state index contributed by atoms with van der Waals surface area (Å²) in [5.74, 6) is 0. The van der Waals surface area contributed by atoms with E-state index in [9.17, 15) is 0 Å². The molecule has 0 atom stereocenters. The van der Waals surface area contributed by atoms with E-state index in [0.29, 0.717) is 0 Å². The second-order valence-electron chi connectivity index (χ2n) is 2.65. The van der Waals surface area contributed by atoms with Gasteiger partial charge in [0.2, 0.25) is 0 Å². The maximum atomic E-state index is 2.42. The van der Waals surface area contributed by atoms with Crippen LogP contribution in [-0.4, -0.2) is 24.2 Å². The summed E-state index contributed by atoms with van der Waals surface area (Å²) in [6.07, 6.45) is 0. The van der Waals surface area contributed by atoms with Crippen LogP contribution in [-0.2, 0) is 0 Å². The monoisotopic (exact) mass is 277 g/mol. The summed E-state index contributed by atoms with van der Waals surface area (Å²) < 4.78 is 3.17. The normalized spacial score (nSPS) is 10.7. The first kappa shape index (κ1) is 6.92.